The van der Waals surface area contributed by atoms with Gasteiger partial charge in [0.05, 0.1) is 0 Å². The average molecular weight is 409 g/mol. The van der Waals surface area contributed by atoms with Crippen LogP contribution in [-0.4, -0.2) is 61.5 Å². The molecule has 0 atom stereocenters. The van der Waals surface area contributed by atoms with Crippen LogP contribution in [0.1, 0.15) is 32.1 Å². The molecule has 3 amide bonds. The average Bonchev–Trinajstić information content (AvgIpc) is 2.73. The minimum absolute atomic E-state index is 0. The molecular formula is C21H33ClN4O2. The first-order valence-corrected chi connectivity index (χ1v) is 10.2. The fourth-order valence-corrected chi connectivity index (χ4v) is 4.10. The number of nitrogens with zero attached hydrogens (tertiary/aromatic N) is 2. The third kappa shape index (κ3) is 6.11. The van der Waals surface area contributed by atoms with E-state index in [4.69, 9.17) is 0 Å². The highest BCUT2D eigenvalue weighted by molar-refractivity contribution is 5.89. The second-order valence-electron chi connectivity index (χ2n) is 7.72. The van der Waals surface area contributed by atoms with E-state index in [1.54, 1.807) is 0 Å². The number of likely N-dealkylation sites (tertiary alicyclic amines) is 2. The number of hydrogen-bond donors (Lipinski definition) is 2. The molecule has 2 fully saturated rings. The van der Waals surface area contributed by atoms with Crippen molar-refractivity contribution >= 4 is 30.0 Å². The van der Waals surface area contributed by atoms with E-state index in [0.29, 0.717) is 19.0 Å². The van der Waals surface area contributed by atoms with E-state index in [1.807, 2.05) is 42.3 Å². The summed E-state index contributed by atoms with van der Waals surface area (Å²) < 4.78 is 0. The lowest BCUT2D eigenvalue weighted by Crippen LogP contribution is -2.47. The smallest absolute Gasteiger partial charge is 0.321 e. The van der Waals surface area contributed by atoms with Crippen molar-refractivity contribution in [2.45, 2.75) is 32.1 Å². The summed E-state index contributed by atoms with van der Waals surface area (Å²) in [5.74, 6) is 1.11. The number of urea groups is 1. The quantitative estimate of drug-likeness (QED) is 0.786. The minimum atomic E-state index is -0.0718. The summed E-state index contributed by atoms with van der Waals surface area (Å²) in [7, 11) is 1.99. The Bertz CT molecular complexity index is 612. The van der Waals surface area contributed by atoms with Crippen LogP contribution in [0.15, 0.2) is 30.3 Å². The molecule has 0 unspecified atom stereocenters. The zero-order chi connectivity index (χ0) is 19.1. The van der Waals surface area contributed by atoms with Crippen LogP contribution in [0.25, 0.3) is 0 Å². The highest BCUT2D eigenvalue weighted by atomic mass is 35.5. The zero-order valence-electron chi connectivity index (χ0n) is 16.7. The van der Waals surface area contributed by atoms with Gasteiger partial charge in [-0.15, -0.1) is 12.4 Å². The lowest BCUT2D eigenvalue weighted by Gasteiger charge is -2.37. The molecule has 28 heavy (non-hydrogen) atoms. The van der Waals surface area contributed by atoms with Gasteiger partial charge in [-0.3, -0.25) is 4.79 Å². The van der Waals surface area contributed by atoms with Crippen LogP contribution in [0, 0.1) is 11.8 Å². The number of anilines is 1. The van der Waals surface area contributed by atoms with Crippen molar-refractivity contribution in [2.75, 3.05) is 45.1 Å². The summed E-state index contributed by atoms with van der Waals surface area (Å²) in [4.78, 5) is 29.1. The first-order chi connectivity index (χ1) is 13.2. The van der Waals surface area contributed by atoms with Gasteiger partial charge in [0.1, 0.15) is 0 Å². The fraction of sp³-hybridized carbons (Fsp3) is 0.619. The Morgan fingerprint density at radius 3 is 2.18 bits per heavy atom. The Hall–Kier alpha value is -1.79. The van der Waals surface area contributed by atoms with Crippen LogP contribution in [-0.2, 0) is 4.79 Å². The van der Waals surface area contributed by atoms with Crippen molar-refractivity contribution in [2.24, 2.45) is 11.8 Å². The SMILES string of the molecule is CNCCC1CCN(C(=O)C2CCN(C(=O)Nc3ccccc3)CC2)CC1.Cl. The molecule has 2 heterocycles. The number of piperidine rings is 2. The zero-order valence-corrected chi connectivity index (χ0v) is 17.5. The van der Waals surface area contributed by atoms with Crippen LogP contribution >= 0.6 is 12.4 Å². The number of nitrogens with one attached hydrogen (secondary N) is 2. The van der Waals surface area contributed by atoms with Crippen molar-refractivity contribution < 1.29 is 9.59 Å². The van der Waals surface area contributed by atoms with E-state index in [9.17, 15) is 9.59 Å². The van der Waals surface area contributed by atoms with Gasteiger partial charge in [0.25, 0.3) is 0 Å². The van der Waals surface area contributed by atoms with Crippen LogP contribution in [0.5, 0.6) is 0 Å². The number of carbonyl (C=O) groups is 2. The van der Waals surface area contributed by atoms with Crippen molar-refractivity contribution in [3.63, 3.8) is 0 Å². The minimum Gasteiger partial charge on any atom is -0.342 e. The molecule has 2 aliphatic rings. The van der Waals surface area contributed by atoms with Gasteiger partial charge in [0, 0.05) is 37.8 Å². The van der Waals surface area contributed by atoms with Gasteiger partial charge < -0.3 is 20.4 Å². The van der Waals surface area contributed by atoms with E-state index in [1.165, 1.54) is 6.42 Å². The fourth-order valence-electron chi connectivity index (χ4n) is 4.10. The van der Waals surface area contributed by atoms with Gasteiger partial charge in [-0.1, -0.05) is 18.2 Å². The first-order valence-electron chi connectivity index (χ1n) is 10.2. The molecule has 0 spiro atoms. The van der Waals surface area contributed by atoms with Gasteiger partial charge in [0.15, 0.2) is 0 Å². The molecule has 7 heteroatoms. The normalized spacial score (nSPS) is 18.5. The van der Waals surface area contributed by atoms with Gasteiger partial charge in [-0.2, -0.15) is 0 Å². The molecular weight excluding hydrogens is 376 g/mol. The van der Waals surface area contributed by atoms with Crippen LogP contribution in [0.3, 0.4) is 0 Å². The molecule has 3 rings (SSSR count). The van der Waals surface area contributed by atoms with Gasteiger partial charge in [-0.25, -0.2) is 4.79 Å². The Balaban J connectivity index is 0.00000280. The summed E-state index contributed by atoms with van der Waals surface area (Å²) in [6, 6.07) is 9.43. The highest BCUT2D eigenvalue weighted by Gasteiger charge is 2.32. The Kier molecular flexibility index (Phi) is 9.06. The largest absolute Gasteiger partial charge is 0.342 e. The number of rotatable bonds is 5. The molecule has 0 radical (unpaired) electrons. The first kappa shape index (κ1) is 22.5. The maximum absolute atomic E-state index is 12.8. The standard InChI is InChI=1S/C21H32N4O2.ClH/c1-22-12-7-17-8-13-24(14-9-17)20(26)18-10-15-25(16-11-18)21(27)23-19-5-3-2-4-6-19;/h2-6,17-18,22H,7-16H2,1H3,(H,23,27);1H. The summed E-state index contributed by atoms with van der Waals surface area (Å²) >= 11 is 0. The molecule has 156 valence electrons. The molecule has 2 N–H and O–H groups in total. The maximum Gasteiger partial charge on any atom is 0.321 e. The predicted molar refractivity (Wildman–Crippen MR) is 115 cm³/mol. The molecule has 1 aromatic carbocycles. The number of amides is 3. The van der Waals surface area contributed by atoms with E-state index in [-0.39, 0.29) is 24.4 Å². The van der Waals surface area contributed by atoms with Crippen LogP contribution in [0.2, 0.25) is 0 Å². The highest BCUT2D eigenvalue weighted by Crippen LogP contribution is 2.25. The second kappa shape index (κ2) is 11.3. The van der Waals surface area contributed by atoms with Crippen molar-refractivity contribution in [3.8, 4) is 0 Å². The lowest BCUT2D eigenvalue weighted by molar-refractivity contribution is -0.138. The molecule has 0 aliphatic carbocycles. The number of carbonyl (C=O) groups excluding carboxylic acids is 2. The third-order valence-corrected chi connectivity index (χ3v) is 5.89. The van der Waals surface area contributed by atoms with E-state index < -0.39 is 0 Å². The Morgan fingerprint density at radius 2 is 1.57 bits per heavy atom. The number of hydrogen-bond acceptors (Lipinski definition) is 3. The van der Waals surface area contributed by atoms with E-state index in [2.05, 4.69) is 15.5 Å². The molecule has 0 saturated carbocycles. The van der Waals surface area contributed by atoms with Crippen molar-refractivity contribution in [1.82, 2.24) is 15.1 Å². The van der Waals surface area contributed by atoms with Gasteiger partial charge >= 0.3 is 6.03 Å². The number of benzene rings is 1. The lowest BCUT2D eigenvalue weighted by atomic mass is 9.90. The second-order valence-corrected chi connectivity index (χ2v) is 7.72. The predicted octanol–water partition coefficient (Wildman–Crippen LogP) is 3.20. The molecule has 0 aromatic heterocycles. The summed E-state index contributed by atoms with van der Waals surface area (Å²) in [5.41, 5.74) is 0.807. The third-order valence-electron chi connectivity index (χ3n) is 5.89. The molecule has 2 aliphatic heterocycles. The molecule has 6 nitrogen and oxygen atoms in total. The number of para-hydroxylation sites is 1. The number of halogens is 1. The van der Waals surface area contributed by atoms with Gasteiger partial charge in [0.2, 0.25) is 5.91 Å². The molecule has 2 saturated heterocycles. The maximum atomic E-state index is 12.8. The summed E-state index contributed by atoms with van der Waals surface area (Å²) in [6.07, 6.45) is 4.96. The van der Waals surface area contributed by atoms with E-state index in [0.717, 1.165) is 56.9 Å². The van der Waals surface area contributed by atoms with Crippen molar-refractivity contribution in [3.05, 3.63) is 30.3 Å². The van der Waals surface area contributed by atoms with Crippen LogP contribution in [0.4, 0.5) is 10.5 Å². The molecule has 1 aromatic rings. The van der Waals surface area contributed by atoms with Crippen molar-refractivity contribution in [1.29, 1.82) is 0 Å². The van der Waals surface area contributed by atoms with Gasteiger partial charge in [-0.05, 0) is 63.7 Å². The summed E-state index contributed by atoms with van der Waals surface area (Å²) in [5, 5.41) is 6.14. The summed E-state index contributed by atoms with van der Waals surface area (Å²) in [6.45, 7) is 4.13. The Labute approximate surface area is 174 Å². The monoisotopic (exact) mass is 408 g/mol. The van der Waals surface area contributed by atoms with Crippen LogP contribution < -0.4 is 10.6 Å². The van der Waals surface area contributed by atoms with E-state index >= 15 is 0 Å². The molecule has 0 bridgehead atoms. The topological polar surface area (TPSA) is 64.7 Å². The Morgan fingerprint density at radius 1 is 0.964 bits per heavy atom.